The third kappa shape index (κ3) is 10.8. The number of hydrogen-bond donors (Lipinski definition) is 0. The SMILES string of the molecule is CCC.CCCC(CC1CC(=O)c2c(C)ccc(-c3ccc(CC(=O)CCC(C)=O)cc3)c2C1)C(CC)C(=O)CC(C)=O. The van der Waals surface area contributed by atoms with E-state index in [0.717, 1.165) is 59.1 Å². The Morgan fingerprint density at radius 1 is 0.860 bits per heavy atom. The van der Waals surface area contributed by atoms with Crippen LogP contribution in [0.25, 0.3) is 11.1 Å². The number of carbonyl (C=O) groups is 5. The molecule has 0 aliphatic heterocycles. The van der Waals surface area contributed by atoms with Crippen molar-refractivity contribution in [3.8, 4) is 11.1 Å². The lowest BCUT2D eigenvalue weighted by Crippen LogP contribution is -2.30. The van der Waals surface area contributed by atoms with E-state index < -0.39 is 0 Å². The zero-order valence-electron chi connectivity index (χ0n) is 27.5. The molecule has 0 radical (unpaired) electrons. The molecule has 0 saturated heterocycles. The van der Waals surface area contributed by atoms with E-state index in [1.807, 2.05) is 44.2 Å². The van der Waals surface area contributed by atoms with Crippen LogP contribution < -0.4 is 0 Å². The van der Waals surface area contributed by atoms with Crippen LogP contribution in [0.15, 0.2) is 36.4 Å². The normalized spacial score (nSPS) is 15.5. The molecule has 3 atom stereocenters. The van der Waals surface area contributed by atoms with E-state index in [-0.39, 0.29) is 65.9 Å². The third-order valence-corrected chi connectivity index (χ3v) is 8.33. The summed E-state index contributed by atoms with van der Waals surface area (Å²) in [7, 11) is 0. The van der Waals surface area contributed by atoms with E-state index in [2.05, 4.69) is 26.8 Å². The van der Waals surface area contributed by atoms with Crippen molar-refractivity contribution in [1.29, 1.82) is 0 Å². The quantitative estimate of drug-likeness (QED) is 0.194. The van der Waals surface area contributed by atoms with Crippen molar-refractivity contribution in [3.63, 3.8) is 0 Å². The van der Waals surface area contributed by atoms with Gasteiger partial charge in [0, 0.05) is 37.2 Å². The molecular formula is C38H52O5. The summed E-state index contributed by atoms with van der Waals surface area (Å²) in [5.74, 6) is 0.343. The molecule has 0 aromatic heterocycles. The maximum atomic E-state index is 13.5. The molecule has 1 aliphatic rings. The second-order valence-corrected chi connectivity index (χ2v) is 12.4. The van der Waals surface area contributed by atoms with Crippen molar-refractivity contribution < 1.29 is 24.0 Å². The molecular weight excluding hydrogens is 536 g/mol. The summed E-state index contributed by atoms with van der Waals surface area (Å²) >= 11 is 0. The van der Waals surface area contributed by atoms with Crippen LogP contribution in [0.4, 0.5) is 0 Å². The Labute approximate surface area is 259 Å². The predicted molar refractivity (Wildman–Crippen MR) is 174 cm³/mol. The van der Waals surface area contributed by atoms with E-state index in [1.54, 1.807) is 0 Å². The largest absolute Gasteiger partial charge is 0.300 e. The highest BCUT2D eigenvalue weighted by atomic mass is 16.2. The summed E-state index contributed by atoms with van der Waals surface area (Å²) in [6.07, 6.45) is 6.74. The molecule has 0 fully saturated rings. The highest BCUT2D eigenvalue weighted by Crippen LogP contribution is 2.40. The van der Waals surface area contributed by atoms with Gasteiger partial charge in [-0.3, -0.25) is 19.2 Å². The summed E-state index contributed by atoms with van der Waals surface area (Å²) in [6, 6.07) is 12.0. The molecule has 3 rings (SSSR count). The first-order chi connectivity index (χ1) is 20.4. The summed E-state index contributed by atoms with van der Waals surface area (Å²) in [4.78, 5) is 61.5. The molecule has 5 nitrogen and oxygen atoms in total. The highest BCUT2D eigenvalue weighted by Gasteiger charge is 2.34. The van der Waals surface area contributed by atoms with Gasteiger partial charge >= 0.3 is 0 Å². The van der Waals surface area contributed by atoms with E-state index in [4.69, 9.17) is 0 Å². The molecule has 2 aromatic carbocycles. The maximum Gasteiger partial charge on any atom is 0.163 e. The van der Waals surface area contributed by atoms with Crippen LogP contribution >= 0.6 is 0 Å². The van der Waals surface area contributed by atoms with E-state index in [0.29, 0.717) is 19.3 Å². The lowest BCUT2D eigenvalue weighted by molar-refractivity contribution is -0.130. The van der Waals surface area contributed by atoms with Gasteiger partial charge in [0.15, 0.2) is 5.78 Å². The number of rotatable bonds is 15. The second kappa shape index (κ2) is 17.8. The molecule has 0 saturated carbocycles. The van der Waals surface area contributed by atoms with Crippen LogP contribution in [0.2, 0.25) is 0 Å². The van der Waals surface area contributed by atoms with Crippen molar-refractivity contribution in [2.45, 2.75) is 119 Å². The fourth-order valence-electron chi connectivity index (χ4n) is 6.44. The standard InChI is InChI=1S/C35H44O5.C3H8/c1-6-8-28(30(7-2)33(39)17-24(5)37)18-26-20-32-31(16-9-22(3)35(32)34(40)21-26)27-13-11-25(12-14-27)19-29(38)15-10-23(4)36;1-3-2/h9,11-14,16,26,28,30H,6-8,10,15,17-21H2,1-5H3;3H2,1-2H3. The first-order valence-electron chi connectivity index (χ1n) is 16.2. The average Bonchev–Trinajstić information content (AvgIpc) is 2.93. The minimum atomic E-state index is -0.150. The molecule has 1 aliphatic carbocycles. The highest BCUT2D eigenvalue weighted by molar-refractivity contribution is 6.02. The Bertz CT molecular complexity index is 1270. The number of Topliss-reactive ketones (excluding diaryl/α,β-unsaturated/α-hetero) is 5. The van der Waals surface area contributed by atoms with Gasteiger partial charge in [0.05, 0.1) is 6.42 Å². The number of ketones is 5. The van der Waals surface area contributed by atoms with Gasteiger partial charge in [0.2, 0.25) is 0 Å². The maximum absolute atomic E-state index is 13.5. The predicted octanol–water partition coefficient (Wildman–Crippen LogP) is 8.69. The summed E-state index contributed by atoms with van der Waals surface area (Å²) in [6.45, 7) is 13.4. The fourth-order valence-corrected chi connectivity index (χ4v) is 6.44. The molecule has 0 bridgehead atoms. The Kier molecular flexibility index (Phi) is 14.9. The molecule has 0 N–H and O–H groups in total. The van der Waals surface area contributed by atoms with E-state index in [1.165, 1.54) is 20.3 Å². The van der Waals surface area contributed by atoms with Gasteiger partial charge in [-0.05, 0) is 79.7 Å². The fraction of sp³-hybridized carbons (Fsp3) is 0.553. The van der Waals surface area contributed by atoms with Crippen LogP contribution in [0.5, 0.6) is 0 Å². The number of hydrogen-bond acceptors (Lipinski definition) is 5. The number of fused-ring (bicyclic) bond motifs is 1. The molecule has 0 amide bonds. The Morgan fingerprint density at radius 2 is 1.51 bits per heavy atom. The van der Waals surface area contributed by atoms with Crippen LogP contribution in [0.1, 0.15) is 126 Å². The zero-order valence-corrected chi connectivity index (χ0v) is 27.5. The lowest BCUT2D eigenvalue weighted by Gasteiger charge is -2.32. The van der Waals surface area contributed by atoms with Gasteiger partial charge in [-0.1, -0.05) is 83.4 Å². The number of aryl methyl sites for hydroxylation is 1. The molecule has 2 aromatic rings. The van der Waals surface area contributed by atoms with Crippen LogP contribution in [0.3, 0.4) is 0 Å². The van der Waals surface area contributed by atoms with Crippen molar-refractivity contribution in [3.05, 3.63) is 58.7 Å². The van der Waals surface area contributed by atoms with Crippen LogP contribution in [-0.4, -0.2) is 28.9 Å². The Morgan fingerprint density at radius 3 is 2.07 bits per heavy atom. The average molecular weight is 589 g/mol. The van der Waals surface area contributed by atoms with Crippen LogP contribution in [-0.2, 0) is 32.0 Å². The van der Waals surface area contributed by atoms with Gasteiger partial charge in [0.1, 0.15) is 23.1 Å². The minimum Gasteiger partial charge on any atom is -0.300 e. The van der Waals surface area contributed by atoms with Crippen molar-refractivity contribution in [2.24, 2.45) is 17.8 Å². The monoisotopic (exact) mass is 588 g/mol. The third-order valence-electron chi connectivity index (χ3n) is 8.33. The lowest BCUT2D eigenvalue weighted by atomic mass is 9.71. The molecule has 3 unspecified atom stereocenters. The zero-order chi connectivity index (χ0) is 32.1. The van der Waals surface area contributed by atoms with Crippen LogP contribution in [0, 0.1) is 24.7 Å². The van der Waals surface area contributed by atoms with Gasteiger partial charge in [-0.2, -0.15) is 0 Å². The number of benzene rings is 2. The van der Waals surface area contributed by atoms with Gasteiger partial charge < -0.3 is 4.79 Å². The molecule has 5 heteroatoms. The molecule has 43 heavy (non-hydrogen) atoms. The molecule has 0 spiro atoms. The van der Waals surface area contributed by atoms with Gasteiger partial charge in [-0.15, -0.1) is 0 Å². The van der Waals surface area contributed by atoms with Crippen molar-refractivity contribution in [1.82, 2.24) is 0 Å². The first kappa shape index (κ1) is 36.0. The summed E-state index contributed by atoms with van der Waals surface area (Å²) in [5.41, 5.74) is 5.85. The Balaban J connectivity index is 0.00000206. The Hall–Kier alpha value is -3.21. The molecule has 234 valence electrons. The number of carbonyl (C=O) groups excluding carboxylic acids is 5. The minimum absolute atomic E-state index is 0.00713. The van der Waals surface area contributed by atoms with Gasteiger partial charge in [0.25, 0.3) is 0 Å². The van der Waals surface area contributed by atoms with E-state index in [9.17, 15) is 24.0 Å². The summed E-state index contributed by atoms with van der Waals surface area (Å²) < 4.78 is 0. The van der Waals surface area contributed by atoms with Gasteiger partial charge in [-0.25, -0.2) is 0 Å². The van der Waals surface area contributed by atoms with Crippen molar-refractivity contribution >= 4 is 28.9 Å². The second-order valence-electron chi connectivity index (χ2n) is 12.4. The topological polar surface area (TPSA) is 85.3 Å². The molecule has 0 heterocycles. The smallest absolute Gasteiger partial charge is 0.163 e. The van der Waals surface area contributed by atoms with Crippen molar-refractivity contribution in [2.75, 3.05) is 0 Å². The summed E-state index contributed by atoms with van der Waals surface area (Å²) in [5, 5.41) is 0. The van der Waals surface area contributed by atoms with E-state index >= 15 is 0 Å². The first-order valence-corrected chi connectivity index (χ1v) is 16.2.